The predicted octanol–water partition coefficient (Wildman–Crippen LogP) is 1.66. The van der Waals surface area contributed by atoms with Crippen molar-refractivity contribution in [1.29, 1.82) is 0 Å². The zero-order valence-electron chi connectivity index (χ0n) is 10.9. The zero-order chi connectivity index (χ0) is 14.1. The van der Waals surface area contributed by atoms with Crippen molar-refractivity contribution in [2.75, 3.05) is 19.3 Å². The molecule has 0 saturated heterocycles. The topological polar surface area (TPSA) is 89.8 Å². The Morgan fingerprint density at radius 3 is 2.37 bits per heavy atom. The fourth-order valence-corrected chi connectivity index (χ4v) is 2.37. The average molecular weight is 287 g/mol. The molecule has 0 bridgehead atoms. The molecule has 1 aromatic rings. The van der Waals surface area contributed by atoms with Gasteiger partial charge in [0, 0.05) is 0 Å². The summed E-state index contributed by atoms with van der Waals surface area (Å²) in [5.41, 5.74) is 0.920. The lowest BCUT2D eigenvalue weighted by Gasteiger charge is -2.11. The van der Waals surface area contributed by atoms with Gasteiger partial charge in [-0.1, -0.05) is 30.3 Å². The molecule has 19 heavy (non-hydrogen) atoms. The Morgan fingerprint density at radius 2 is 1.74 bits per heavy atom. The van der Waals surface area contributed by atoms with E-state index in [1.807, 2.05) is 30.3 Å². The van der Waals surface area contributed by atoms with Crippen LogP contribution < -0.4 is 5.32 Å². The molecule has 1 aromatic carbocycles. The van der Waals surface area contributed by atoms with Crippen molar-refractivity contribution in [2.24, 2.45) is 0 Å². The molecular weight excluding hydrogens is 265 g/mol. The van der Waals surface area contributed by atoms with E-state index in [0.717, 1.165) is 18.5 Å². The van der Waals surface area contributed by atoms with Crippen LogP contribution in [0.15, 0.2) is 30.3 Å². The van der Waals surface area contributed by atoms with Crippen molar-refractivity contribution in [1.82, 2.24) is 5.32 Å². The maximum atomic E-state index is 10.6. The van der Waals surface area contributed by atoms with Gasteiger partial charge in [-0.3, -0.25) is 4.57 Å². The Labute approximate surface area is 113 Å². The van der Waals surface area contributed by atoms with Crippen molar-refractivity contribution < 1.29 is 19.5 Å². The highest BCUT2D eigenvalue weighted by molar-refractivity contribution is 7.51. The van der Waals surface area contributed by atoms with Gasteiger partial charge in [-0.2, -0.15) is 0 Å². The minimum absolute atomic E-state index is 0.0767. The van der Waals surface area contributed by atoms with Crippen LogP contribution in [0.2, 0.25) is 0 Å². The predicted molar refractivity (Wildman–Crippen MR) is 75.0 cm³/mol. The van der Waals surface area contributed by atoms with E-state index in [4.69, 9.17) is 9.79 Å². The molecule has 1 rings (SSSR count). The molecule has 0 heterocycles. The molecule has 0 amide bonds. The highest BCUT2D eigenvalue weighted by Crippen LogP contribution is 2.34. The van der Waals surface area contributed by atoms with Gasteiger partial charge in [-0.15, -0.1) is 0 Å². The summed E-state index contributed by atoms with van der Waals surface area (Å²) in [5, 5.41) is 13.0. The molecular formula is C13H22NO4P. The second kappa shape index (κ2) is 8.46. The van der Waals surface area contributed by atoms with Gasteiger partial charge in [-0.25, -0.2) is 0 Å². The maximum absolute atomic E-state index is 10.6. The number of nitrogens with one attached hydrogen (secondary N) is 1. The summed E-state index contributed by atoms with van der Waals surface area (Å²) in [6, 6.07) is 9.52. The van der Waals surface area contributed by atoms with Gasteiger partial charge < -0.3 is 20.2 Å². The van der Waals surface area contributed by atoms with Crippen LogP contribution >= 0.6 is 7.60 Å². The first kappa shape index (κ1) is 16.3. The van der Waals surface area contributed by atoms with Crippen LogP contribution in [0.5, 0.6) is 0 Å². The minimum atomic E-state index is -3.86. The highest BCUT2D eigenvalue weighted by atomic mass is 31.2. The molecule has 4 N–H and O–H groups in total. The molecule has 0 radical (unpaired) electrons. The zero-order valence-corrected chi connectivity index (χ0v) is 11.8. The van der Waals surface area contributed by atoms with Crippen molar-refractivity contribution in [3.8, 4) is 0 Å². The summed E-state index contributed by atoms with van der Waals surface area (Å²) >= 11 is 0. The molecule has 108 valence electrons. The molecule has 6 heteroatoms. The Bertz CT molecular complexity index is 393. The van der Waals surface area contributed by atoms with Crippen LogP contribution in [0.4, 0.5) is 0 Å². The summed E-state index contributed by atoms with van der Waals surface area (Å²) in [5.74, 6) is 0. The van der Waals surface area contributed by atoms with Crippen LogP contribution in [-0.2, 0) is 4.57 Å². The monoisotopic (exact) mass is 287 g/mol. The van der Waals surface area contributed by atoms with Crippen molar-refractivity contribution >= 4 is 7.60 Å². The third-order valence-electron chi connectivity index (χ3n) is 2.82. The lowest BCUT2D eigenvalue weighted by Crippen LogP contribution is -2.18. The first-order chi connectivity index (χ1) is 8.99. The molecule has 0 aliphatic heterocycles. The number of hydrogen-bond acceptors (Lipinski definition) is 3. The third kappa shape index (κ3) is 8.14. The van der Waals surface area contributed by atoms with E-state index in [-0.39, 0.29) is 6.16 Å². The quantitative estimate of drug-likeness (QED) is 0.410. The van der Waals surface area contributed by atoms with Gasteiger partial charge in [0.2, 0.25) is 0 Å². The number of hydrogen-bond donors (Lipinski definition) is 4. The largest absolute Gasteiger partial charge is 0.388 e. The molecule has 5 nitrogen and oxygen atoms in total. The Balaban J connectivity index is 2.04. The molecule has 1 unspecified atom stereocenters. The van der Waals surface area contributed by atoms with Gasteiger partial charge in [-0.05, 0) is 37.9 Å². The van der Waals surface area contributed by atoms with Crippen LogP contribution in [-0.4, -0.2) is 34.1 Å². The SMILES string of the molecule is O=P(O)(O)CCCNCCCC(O)c1ccccc1. The van der Waals surface area contributed by atoms with E-state index in [0.29, 0.717) is 19.4 Å². The Kier molecular flexibility index (Phi) is 7.28. The van der Waals surface area contributed by atoms with Crippen molar-refractivity contribution in [2.45, 2.75) is 25.4 Å². The normalized spacial score (nSPS) is 13.4. The smallest absolute Gasteiger partial charge is 0.325 e. The molecule has 0 fully saturated rings. The van der Waals surface area contributed by atoms with Crippen LogP contribution in [0.1, 0.15) is 30.9 Å². The lowest BCUT2D eigenvalue weighted by atomic mass is 10.1. The second-order valence-corrected chi connectivity index (χ2v) is 6.34. The standard InChI is InChI=1S/C13H22NO4P/c15-13(12-6-2-1-3-7-12)8-4-9-14-10-5-11-19(16,17)18/h1-3,6-7,13-15H,4-5,8-11H2,(H2,16,17,18). The second-order valence-electron chi connectivity index (χ2n) is 4.56. The van der Waals surface area contributed by atoms with Crippen molar-refractivity contribution in [3.05, 3.63) is 35.9 Å². The molecule has 0 aliphatic carbocycles. The van der Waals surface area contributed by atoms with E-state index < -0.39 is 13.7 Å². The van der Waals surface area contributed by atoms with E-state index >= 15 is 0 Å². The number of aliphatic hydroxyl groups is 1. The van der Waals surface area contributed by atoms with Crippen molar-refractivity contribution in [3.63, 3.8) is 0 Å². The van der Waals surface area contributed by atoms with Gasteiger partial charge in [0.15, 0.2) is 0 Å². The summed E-state index contributed by atoms with van der Waals surface area (Å²) in [4.78, 5) is 17.3. The Morgan fingerprint density at radius 1 is 1.11 bits per heavy atom. The summed E-state index contributed by atoms with van der Waals surface area (Å²) < 4.78 is 10.6. The summed E-state index contributed by atoms with van der Waals surface area (Å²) in [6.07, 6.45) is 1.44. The third-order valence-corrected chi connectivity index (χ3v) is 3.72. The van der Waals surface area contributed by atoms with E-state index in [1.165, 1.54) is 0 Å². The first-order valence-corrected chi connectivity index (χ1v) is 8.27. The first-order valence-electron chi connectivity index (χ1n) is 6.47. The fourth-order valence-electron chi connectivity index (χ4n) is 1.80. The number of benzene rings is 1. The van der Waals surface area contributed by atoms with Crippen LogP contribution in [0, 0.1) is 0 Å². The van der Waals surface area contributed by atoms with Gasteiger partial charge in [0.1, 0.15) is 0 Å². The maximum Gasteiger partial charge on any atom is 0.325 e. The van der Waals surface area contributed by atoms with E-state index in [9.17, 15) is 9.67 Å². The van der Waals surface area contributed by atoms with Gasteiger partial charge >= 0.3 is 7.60 Å². The van der Waals surface area contributed by atoms with E-state index in [1.54, 1.807) is 0 Å². The minimum Gasteiger partial charge on any atom is -0.388 e. The van der Waals surface area contributed by atoms with Crippen LogP contribution in [0.25, 0.3) is 0 Å². The summed E-state index contributed by atoms with van der Waals surface area (Å²) in [7, 11) is -3.86. The molecule has 0 saturated carbocycles. The molecule has 1 atom stereocenters. The number of rotatable bonds is 9. The Hall–Kier alpha value is -0.710. The summed E-state index contributed by atoms with van der Waals surface area (Å²) in [6.45, 7) is 1.33. The van der Waals surface area contributed by atoms with E-state index in [2.05, 4.69) is 5.32 Å². The average Bonchev–Trinajstić information content (AvgIpc) is 2.37. The number of aliphatic hydroxyl groups excluding tert-OH is 1. The van der Waals surface area contributed by atoms with Crippen LogP contribution in [0.3, 0.4) is 0 Å². The molecule has 0 aliphatic rings. The van der Waals surface area contributed by atoms with Gasteiger partial charge in [0.05, 0.1) is 12.3 Å². The fraction of sp³-hybridized carbons (Fsp3) is 0.538. The lowest BCUT2D eigenvalue weighted by molar-refractivity contribution is 0.164. The molecule has 0 spiro atoms. The molecule has 0 aromatic heterocycles. The van der Waals surface area contributed by atoms with Gasteiger partial charge in [0.25, 0.3) is 0 Å². The highest BCUT2D eigenvalue weighted by Gasteiger charge is 2.11.